The van der Waals surface area contributed by atoms with Gasteiger partial charge >= 0.3 is 6.03 Å². The third-order valence-electron chi connectivity index (χ3n) is 4.84. The van der Waals surface area contributed by atoms with Crippen LogP contribution in [0.3, 0.4) is 0 Å². The molecule has 2 rings (SSSR count). The first-order valence-corrected chi connectivity index (χ1v) is 11.8. The molecule has 0 aromatic heterocycles. The number of benzene rings is 1. The fourth-order valence-corrected chi connectivity index (χ4v) is 5.29. The molecule has 2 N–H and O–H groups in total. The number of ether oxygens (including phenoxy) is 1. The van der Waals surface area contributed by atoms with E-state index < -0.39 is 22.2 Å². The highest BCUT2D eigenvalue weighted by Crippen LogP contribution is 2.35. The van der Waals surface area contributed by atoms with Crippen molar-refractivity contribution in [2.75, 3.05) is 26.7 Å². The number of likely N-dealkylation sites (N-methyl/N-ethyl adjacent to an activating group) is 1. The maximum Gasteiger partial charge on any atom is 0.317 e. The number of fused-ring (bicyclic) bond motifs is 1. The van der Waals surface area contributed by atoms with Crippen LogP contribution >= 0.6 is 15.9 Å². The predicted molar refractivity (Wildman–Crippen MR) is 114 cm³/mol. The number of aliphatic hydroxyl groups excluding tert-OH is 1. The second-order valence-electron chi connectivity index (χ2n) is 7.82. The Labute approximate surface area is 181 Å². The van der Waals surface area contributed by atoms with Crippen molar-refractivity contribution in [2.24, 2.45) is 5.92 Å². The number of halogens is 1. The molecule has 1 heterocycles. The van der Waals surface area contributed by atoms with Gasteiger partial charge in [0.25, 0.3) is 0 Å². The average Bonchev–Trinajstić information content (AvgIpc) is 2.63. The van der Waals surface area contributed by atoms with Gasteiger partial charge in [-0.05, 0) is 39.0 Å². The molecule has 8 nitrogen and oxygen atoms in total. The van der Waals surface area contributed by atoms with Crippen LogP contribution < -0.4 is 10.1 Å². The van der Waals surface area contributed by atoms with Crippen LogP contribution in [0.15, 0.2) is 27.6 Å². The Morgan fingerprint density at radius 2 is 2.07 bits per heavy atom. The number of urea groups is 1. The predicted octanol–water partition coefficient (Wildman–Crippen LogP) is 2.27. The van der Waals surface area contributed by atoms with Gasteiger partial charge in [-0.3, -0.25) is 0 Å². The number of rotatable bonds is 5. The maximum absolute atomic E-state index is 13.2. The van der Waals surface area contributed by atoms with Gasteiger partial charge in [-0.2, -0.15) is 4.31 Å². The number of aliphatic hydroxyl groups is 1. The molecule has 0 spiro atoms. The summed E-state index contributed by atoms with van der Waals surface area (Å²) in [5.74, 6) is 0.00365. The largest absolute Gasteiger partial charge is 0.487 e. The number of carbonyl (C=O) groups excluding carboxylic acids is 1. The van der Waals surface area contributed by atoms with Crippen LogP contribution in [0.5, 0.6) is 5.75 Å². The SMILES string of the molecule is CC(C)NC(=O)N(C)C[C@@H]1Oc2cc(Br)ccc2S(=O)(=O)N([C@H](C)CO)C[C@H]1C. The minimum absolute atomic E-state index is 0.00310. The monoisotopic (exact) mass is 491 g/mol. The summed E-state index contributed by atoms with van der Waals surface area (Å²) in [5.41, 5.74) is 0. The lowest BCUT2D eigenvalue weighted by molar-refractivity contribution is 0.0809. The van der Waals surface area contributed by atoms with Crippen molar-refractivity contribution >= 4 is 32.0 Å². The Kier molecular flexibility index (Phi) is 7.94. The highest BCUT2D eigenvalue weighted by Gasteiger charge is 2.38. The summed E-state index contributed by atoms with van der Waals surface area (Å²) in [7, 11) is -2.17. The summed E-state index contributed by atoms with van der Waals surface area (Å²) in [5, 5.41) is 12.5. The van der Waals surface area contributed by atoms with Crippen LogP contribution in [0.1, 0.15) is 27.7 Å². The highest BCUT2D eigenvalue weighted by molar-refractivity contribution is 9.10. The number of hydrogen-bond donors (Lipinski definition) is 2. The molecule has 0 saturated heterocycles. The fourth-order valence-electron chi connectivity index (χ4n) is 3.13. The Morgan fingerprint density at radius 1 is 1.41 bits per heavy atom. The zero-order valence-corrected chi connectivity index (χ0v) is 19.8. The fraction of sp³-hybridized carbons (Fsp3) is 0.632. The van der Waals surface area contributed by atoms with E-state index in [0.29, 0.717) is 4.47 Å². The van der Waals surface area contributed by atoms with Crippen LogP contribution in [0.25, 0.3) is 0 Å². The van der Waals surface area contributed by atoms with E-state index in [4.69, 9.17) is 4.74 Å². The lowest BCUT2D eigenvalue weighted by Crippen LogP contribution is -2.51. The Morgan fingerprint density at radius 3 is 2.66 bits per heavy atom. The minimum Gasteiger partial charge on any atom is -0.487 e. The normalized spacial score (nSPS) is 22.8. The van der Waals surface area contributed by atoms with Crippen LogP contribution in [-0.2, 0) is 10.0 Å². The van der Waals surface area contributed by atoms with Crippen LogP contribution in [0, 0.1) is 5.92 Å². The molecule has 29 heavy (non-hydrogen) atoms. The molecule has 0 radical (unpaired) electrons. The van der Waals surface area contributed by atoms with E-state index in [-0.39, 0.29) is 48.3 Å². The molecule has 1 aliphatic rings. The van der Waals surface area contributed by atoms with Gasteiger partial charge in [0.2, 0.25) is 10.0 Å². The van der Waals surface area contributed by atoms with Crippen molar-refractivity contribution in [3.8, 4) is 5.75 Å². The summed E-state index contributed by atoms with van der Waals surface area (Å²) < 4.78 is 34.6. The molecule has 2 amide bonds. The zero-order chi connectivity index (χ0) is 21.9. The van der Waals surface area contributed by atoms with E-state index in [1.807, 2.05) is 20.8 Å². The standard InChI is InChI=1S/C19H30BrN3O5S/c1-12(2)21-19(25)22(5)10-17-13(3)9-23(14(4)11-24)29(26,27)18-7-6-15(20)8-16(18)28-17/h6-8,12-14,17,24H,9-11H2,1-5H3,(H,21,25)/t13-,14-,17+/m1/s1. The summed E-state index contributed by atoms with van der Waals surface area (Å²) in [4.78, 5) is 13.9. The zero-order valence-electron chi connectivity index (χ0n) is 17.4. The van der Waals surface area contributed by atoms with Crippen molar-refractivity contribution in [1.29, 1.82) is 0 Å². The first-order chi connectivity index (χ1) is 13.5. The molecule has 1 aromatic rings. The lowest BCUT2D eigenvalue weighted by Gasteiger charge is -2.37. The van der Waals surface area contributed by atoms with Gasteiger partial charge < -0.3 is 20.1 Å². The van der Waals surface area contributed by atoms with E-state index >= 15 is 0 Å². The third-order valence-corrected chi connectivity index (χ3v) is 7.35. The van der Waals surface area contributed by atoms with E-state index in [0.717, 1.165) is 0 Å². The number of hydrogen-bond acceptors (Lipinski definition) is 5. The van der Waals surface area contributed by atoms with E-state index in [9.17, 15) is 18.3 Å². The van der Waals surface area contributed by atoms with E-state index in [1.54, 1.807) is 26.1 Å². The number of amides is 2. The van der Waals surface area contributed by atoms with Crippen molar-refractivity contribution < 1.29 is 23.1 Å². The van der Waals surface area contributed by atoms with Gasteiger partial charge in [0, 0.05) is 36.1 Å². The molecule has 0 saturated carbocycles. The molecule has 0 fully saturated rings. The summed E-state index contributed by atoms with van der Waals surface area (Å²) in [6.07, 6.45) is -0.435. The van der Waals surface area contributed by atoms with Crippen LogP contribution in [0.2, 0.25) is 0 Å². The van der Waals surface area contributed by atoms with Gasteiger partial charge in [-0.1, -0.05) is 22.9 Å². The van der Waals surface area contributed by atoms with Gasteiger partial charge in [0.15, 0.2) is 0 Å². The minimum atomic E-state index is -3.85. The van der Waals surface area contributed by atoms with E-state index in [2.05, 4.69) is 21.2 Å². The number of sulfonamides is 1. The van der Waals surface area contributed by atoms with Gasteiger partial charge in [-0.15, -0.1) is 0 Å². The molecule has 0 unspecified atom stereocenters. The summed E-state index contributed by atoms with van der Waals surface area (Å²) in [6.45, 7) is 7.48. The third kappa shape index (κ3) is 5.62. The molecule has 10 heteroatoms. The summed E-state index contributed by atoms with van der Waals surface area (Å²) in [6, 6.07) is 3.95. The molecule has 1 aromatic carbocycles. The van der Waals surface area contributed by atoms with Crippen molar-refractivity contribution in [3.05, 3.63) is 22.7 Å². The van der Waals surface area contributed by atoms with Crippen molar-refractivity contribution in [1.82, 2.24) is 14.5 Å². The summed E-state index contributed by atoms with van der Waals surface area (Å²) >= 11 is 3.36. The van der Waals surface area contributed by atoms with Crippen LogP contribution in [-0.4, -0.2) is 73.7 Å². The topological polar surface area (TPSA) is 99.2 Å². The Balaban J connectivity index is 2.43. The Bertz CT molecular complexity index is 833. The molecular formula is C19H30BrN3O5S. The van der Waals surface area contributed by atoms with Gasteiger partial charge in [0.1, 0.15) is 16.7 Å². The molecular weight excluding hydrogens is 462 g/mol. The highest BCUT2D eigenvalue weighted by atomic mass is 79.9. The second-order valence-corrected chi connectivity index (χ2v) is 10.6. The van der Waals surface area contributed by atoms with Gasteiger partial charge in [-0.25, -0.2) is 13.2 Å². The molecule has 164 valence electrons. The maximum atomic E-state index is 13.2. The molecule has 3 atom stereocenters. The molecule has 0 bridgehead atoms. The molecule has 0 aliphatic carbocycles. The first kappa shape index (κ1) is 23.9. The quantitative estimate of drug-likeness (QED) is 0.657. The lowest BCUT2D eigenvalue weighted by atomic mass is 10.0. The van der Waals surface area contributed by atoms with Crippen molar-refractivity contribution in [2.45, 2.75) is 50.8 Å². The smallest absolute Gasteiger partial charge is 0.317 e. The number of nitrogens with one attached hydrogen (secondary N) is 1. The first-order valence-electron chi connectivity index (χ1n) is 9.57. The Hall–Kier alpha value is -1.36. The van der Waals surface area contributed by atoms with Crippen LogP contribution in [0.4, 0.5) is 4.79 Å². The van der Waals surface area contributed by atoms with Crippen molar-refractivity contribution in [3.63, 3.8) is 0 Å². The van der Waals surface area contributed by atoms with Gasteiger partial charge in [0.05, 0.1) is 13.2 Å². The second kappa shape index (κ2) is 9.63. The average molecular weight is 492 g/mol. The van der Waals surface area contributed by atoms with E-state index in [1.165, 1.54) is 15.3 Å². The number of nitrogens with zero attached hydrogens (tertiary/aromatic N) is 2. The molecule has 1 aliphatic heterocycles. The number of carbonyl (C=O) groups is 1.